The first-order valence-corrected chi connectivity index (χ1v) is 7.19. The van der Waals surface area contributed by atoms with E-state index in [1.807, 2.05) is 12.1 Å². The van der Waals surface area contributed by atoms with Gasteiger partial charge in [0, 0.05) is 13.1 Å². The molecule has 0 aromatic heterocycles. The molecule has 0 bridgehead atoms. The maximum atomic E-state index is 13.8. The fourth-order valence-corrected chi connectivity index (χ4v) is 2.42. The topological polar surface area (TPSA) is 29.3 Å². The molecule has 1 aromatic rings. The van der Waals surface area contributed by atoms with Crippen molar-refractivity contribution in [1.29, 1.82) is 0 Å². The SMILES string of the molecule is CCN(CCCC(C)(C)CCN)c1ccccc1F. The number of nitrogens with zero attached hydrogens (tertiary/aromatic N) is 1. The Hall–Kier alpha value is -1.09. The van der Waals surface area contributed by atoms with Crippen LogP contribution in [-0.4, -0.2) is 19.6 Å². The normalized spacial score (nSPS) is 11.6. The van der Waals surface area contributed by atoms with E-state index in [9.17, 15) is 4.39 Å². The van der Waals surface area contributed by atoms with Gasteiger partial charge in [0.05, 0.1) is 5.69 Å². The molecule has 0 amide bonds. The summed E-state index contributed by atoms with van der Waals surface area (Å²) in [6, 6.07) is 7.00. The zero-order chi connectivity index (χ0) is 14.3. The number of benzene rings is 1. The lowest BCUT2D eigenvalue weighted by Crippen LogP contribution is -2.26. The number of hydrogen-bond donors (Lipinski definition) is 1. The number of para-hydroxylation sites is 1. The maximum absolute atomic E-state index is 13.8. The average Bonchev–Trinajstić information content (AvgIpc) is 2.36. The Bertz CT molecular complexity index is 377. The number of anilines is 1. The molecule has 0 spiro atoms. The van der Waals surface area contributed by atoms with Gasteiger partial charge in [-0.3, -0.25) is 0 Å². The van der Waals surface area contributed by atoms with Crippen molar-refractivity contribution >= 4 is 5.69 Å². The van der Waals surface area contributed by atoms with Gasteiger partial charge in [0.2, 0.25) is 0 Å². The molecule has 19 heavy (non-hydrogen) atoms. The molecule has 0 unspecified atom stereocenters. The van der Waals surface area contributed by atoms with E-state index in [1.54, 1.807) is 6.07 Å². The number of hydrogen-bond acceptors (Lipinski definition) is 2. The van der Waals surface area contributed by atoms with Crippen LogP contribution in [0.2, 0.25) is 0 Å². The number of nitrogens with two attached hydrogens (primary N) is 1. The molecule has 0 atom stereocenters. The summed E-state index contributed by atoms with van der Waals surface area (Å²) >= 11 is 0. The first-order valence-electron chi connectivity index (χ1n) is 7.19. The lowest BCUT2D eigenvalue weighted by Gasteiger charge is -2.27. The van der Waals surface area contributed by atoms with Crippen molar-refractivity contribution in [2.75, 3.05) is 24.5 Å². The molecule has 1 rings (SSSR count). The fraction of sp³-hybridized carbons (Fsp3) is 0.625. The van der Waals surface area contributed by atoms with Crippen LogP contribution in [0.4, 0.5) is 10.1 Å². The van der Waals surface area contributed by atoms with Gasteiger partial charge in [0.15, 0.2) is 0 Å². The third-order valence-electron chi connectivity index (χ3n) is 3.68. The van der Waals surface area contributed by atoms with E-state index in [-0.39, 0.29) is 11.2 Å². The van der Waals surface area contributed by atoms with Crippen LogP contribution < -0.4 is 10.6 Å². The molecule has 0 heterocycles. The van der Waals surface area contributed by atoms with Crippen molar-refractivity contribution in [2.45, 2.75) is 40.0 Å². The van der Waals surface area contributed by atoms with Crippen LogP contribution in [0.3, 0.4) is 0 Å². The monoisotopic (exact) mass is 266 g/mol. The Morgan fingerprint density at radius 3 is 2.47 bits per heavy atom. The molecule has 0 aliphatic heterocycles. The smallest absolute Gasteiger partial charge is 0.146 e. The van der Waals surface area contributed by atoms with E-state index >= 15 is 0 Å². The molecule has 0 aliphatic rings. The van der Waals surface area contributed by atoms with Gasteiger partial charge in [-0.05, 0) is 50.3 Å². The molecule has 2 N–H and O–H groups in total. The Labute approximate surface area is 116 Å². The van der Waals surface area contributed by atoms with Crippen LogP contribution in [-0.2, 0) is 0 Å². The fourth-order valence-electron chi connectivity index (χ4n) is 2.42. The molecule has 0 saturated carbocycles. The molecule has 0 aliphatic carbocycles. The predicted molar refractivity (Wildman–Crippen MR) is 81.0 cm³/mol. The quantitative estimate of drug-likeness (QED) is 0.775. The van der Waals surface area contributed by atoms with Gasteiger partial charge in [-0.2, -0.15) is 0 Å². The number of rotatable bonds is 8. The van der Waals surface area contributed by atoms with Crippen LogP contribution in [0, 0.1) is 11.2 Å². The van der Waals surface area contributed by atoms with E-state index in [4.69, 9.17) is 5.73 Å². The van der Waals surface area contributed by atoms with Gasteiger partial charge in [-0.1, -0.05) is 26.0 Å². The van der Waals surface area contributed by atoms with Gasteiger partial charge >= 0.3 is 0 Å². The minimum Gasteiger partial charge on any atom is -0.369 e. The number of halogens is 1. The van der Waals surface area contributed by atoms with Crippen molar-refractivity contribution < 1.29 is 4.39 Å². The Morgan fingerprint density at radius 2 is 1.89 bits per heavy atom. The summed E-state index contributed by atoms with van der Waals surface area (Å²) in [5.41, 5.74) is 6.61. The summed E-state index contributed by atoms with van der Waals surface area (Å²) in [5.74, 6) is -0.134. The highest BCUT2D eigenvalue weighted by molar-refractivity contribution is 5.47. The van der Waals surface area contributed by atoms with Crippen LogP contribution in [0.15, 0.2) is 24.3 Å². The summed E-state index contributed by atoms with van der Waals surface area (Å²) < 4.78 is 13.8. The molecular weight excluding hydrogens is 239 g/mol. The van der Waals surface area contributed by atoms with Crippen LogP contribution >= 0.6 is 0 Å². The lowest BCUT2D eigenvalue weighted by atomic mass is 9.84. The first-order chi connectivity index (χ1) is 9.00. The summed E-state index contributed by atoms with van der Waals surface area (Å²) in [7, 11) is 0. The average molecular weight is 266 g/mol. The highest BCUT2D eigenvalue weighted by atomic mass is 19.1. The maximum Gasteiger partial charge on any atom is 0.146 e. The Balaban J connectivity index is 2.53. The second-order valence-electron chi connectivity index (χ2n) is 5.84. The van der Waals surface area contributed by atoms with E-state index < -0.39 is 0 Å². The summed E-state index contributed by atoms with van der Waals surface area (Å²) in [4.78, 5) is 2.11. The predicted octanol–water partition coefficient (Wildman–Crippen LogP) is 3.81. The summed E-state index contributed by atoms with van der Waals surface area (Å²) in [6.07, 6.45) is 3.23. The van der Waals surface area contributed by atoms with Crippen molar-refractivity contribution in [3.05, 3.63) is 30.1 Å². The van der Waals surface area contributed by atoms with Crippen molar-refractivity contribution in [1.82, 2.24) is 0 Å². The Kier molecular flexibility index (Phi) is 6.29. The van der Waals surface area contributed by atoms with Gasteiger partial charge in [-0.15, -0.1) is 0 Å². The minimum atomic E-state index is -0.134. The molecule has 0 saturated heterocycles. The standard InChI is InChI=1S/C16H27FN2/c1-4-19(15-9-6-5-8-14(15)17)13-7-10-16(2,3)11-12-18/h5-6,8-9H,4,7,10-13,18H2,1-3H3. The van der Waals surface area contributed by atoms with Crippen molar-refractivity contribution in [3.8, 4) is 0 Å². The van der Waals surface area contributed by atoms with Gasteiger partial charge in [-0.25, -0.2) is 4.39 Å². The molecule has 2 nitrogen and oxygen atoms in total. The van der Waals surface area contributed by atoms with Crippen molar-refractivity contribution in [3.63, 3.8) is 0 Å². The first kappa shape index (κ1) is 16.0. The molecule has 3 heteroatoms. The minimum absolute atomic E-state index is 0.134. The summed E-state index contributed by atoms with van der Waals surface area (Å²) in [5, 5.41) is 0. The second-order valence-corrected chi connectivity index (χ2v) is 5.84. The molecule has 108 valence electrons. The third kappa shape index (κ3) is 5.19. The van der Waals surface area contributed by atoms with Gasteiger partial charge < -0.3 is 10.6 Å². The zero-order valence-electron chi connectivity index (χ0n) is 12.5. The van der Waals surface area contributed by atoms with E-state index in [0.717, 1.165) is 38.9 Å². The molecule has 0 fully saturated rings. The van der Waals surface area contributed by atoms with Crippen LogP contribution in [0.5, 0.6) is 0 Å². The van der Waals surface area contributed by atoms with Crippen LogP contribution in [0.25, 0.3) is 0 Å². The van der Waals surface area contributed by atoms with Crippen molar-refractivity contribution in [2.24, 2.45) is 11.1 Å². The lowest BCUT2D eigenvalue weighted by molar-refractivity contribution is 0.305. The zero-order valence-corrected chi connectivity index (χ0v) is 12.5. The van der Waals surface area contributed by atoms with E-state index in [0.29, 0.717) is 5.69 Å². The molecular formula is C16H27FN2. The van der Waals surface area contributed by atoms with Gasteiger partial charge in [0.1, 0.15) is 5.82 Å². The Morgan fingerprint density at radius 1 is 1.21 bits per heavy atom. The molecule has 1 aromatic carbocycles. The third-order valence-corrected chi connectivity index (χ3v) is 3.68. The van der Waals surface area contributed by atoms with E-state index in [2.05, 4.69) is 25.7 Å². The largest absolute Gasteiger partial charge is 0.369 e. The highest BCUT2D eigenvalue weighted by Gasteiger charge is 2.17. The van der Waals surface area contributed by atoms with Crippen LogP contribution in [0.1, 0.15) is 40.0 Å². The highest BCUT2D eigenvalue weighted by Crippen LogP contribution is 2.27. The molecule has 0 radical (unpaired) electrons. The van der Waals surface area contributed by atoms with E-state index in [1.165, 1.54) is 6.07 Å². The summed E-state index contributed by atoms with van der Waals surface area (Å²) in [6.45, 7) is 9.03. The van der Waals surface area contributed by atoms with Gasteiger partial charge in [0.25, 0.3) is 0 Å². The second kappa shape index (κ2) is 7.49.